The van der Waals surface area contributed by atoms with Crippen LogP contribution in [0.2, 0.25) is 0 Å². The number of thiazole rings is 1. The number of fused-ring (bicyclic) bond motifs is 1. The molecule has 2 atom stereocenters. The van der Waals surface area contributed by atoms with E-state index in [2.05, 4.69) is 22.5 Å². The third-order valence-electron chi connectivity index (χ3n) is 6.75. The minimum absolute atomic E-state index is 0.0733. The molecule has 1 heterocycles. The summed E-state index contributed by atoms with van der Waals surface area (Å²) in [5, 5.41) is 6.00. The van der Waals surface area contributed by atoms with E-state index in [1.807, 2.05) is 69.3 Å². The van der Waals surface area contributed by atoms with Gasteiger partial charge in [0.25, 0.3) is 5.91 Å². The molecule has 42 heavy (non-hydrogen) atoms. The molecule has 1 aromatic heterocycles. The van der Waals surface area contributed by atoms with Gasteiger partial charge in [-0.05, 0) is 75.2 Å². The van der Waals surface area contributed by atoms with Gasteiger partial charge in [0.2, 0.25) is 5.91 Å². The van der Waals surface area contributed by atoms with E-state index < -0.39 is 0 Å². The van der Waals surface area contributed by atoms with Gasteiger partial charge in [0, 0.05) is 11.3 Å². The van der Waals surface area contributed by atoms with Crippen molar-refractivity contribution < 1.29 is 23.8 Å². The number of nitrogens with one attached hydrogen (secondary N) is 2. The van der Waals surface area contributed by atoms with Gasteiger partial charge in [-0.25, -0.2) is 4.98 Å². The molecule has 2 amide bonds. The van der Waals surface area contributed by atoms with Gasteiger partial charge in [-0.1, -0.05) is 37.2 Å². The number of rotatable bonds is 13. The van der Waals surface area contributed by atoms with E-state index in [0.717, 1.165) is 44.3 Å². The summed E-state index contributed by atoms with van der Waals surface area (Å²) >= 11 is 2.87. The van der Waals surface area contributed by atoms with Gasteiger partial charge in [-0.3, -0.25) is 9.59 Å². The number of aromatic nitrogens is 1. The minimum atomic E-state index is -0.275. The summed E-state index contributed by atoms with van der Waals surface area (Å²) in [6.07, 6.45) is 2.05. The SMILES string of the molecule is CCCC(C)Oc1ccc(C(=O)Nc2ccc3nc(SCC(=O)N[C@@H](C)c4cccc(OC)c4)sc3c2)c(OC)c1C. The van der Waals surface area contributed by atoms with Crippen molar-refractivity contribution in [3.8, 4) is 17.2 Å². The van der Waals surface area contributed by atoms with Crippen molar-refractivity contribution in [3.63, 3.8) is 0 Å². The van der Waals surface area contributed by atoms with Gasteiger partial charge < -0.3 is 24.8 Å². The molecule has 0 bridgehead atoms. The van der Waals surface area contributed by atoms with E-state index in [-0.39, 0.29) is 29.7 Å². The Balaban J connectivity index is 1.39. The van der Waals surface area contributed by atoms with Crippen molar-refractivity contribution in [2.75, 3.05) is 25.3 Å². The Kier molecular flexibility index (Phi) is 10.7. The lowest BCUT2D eigenvalue weighted by Gasteiger charge is -2.19. The first-order valence-corrected chi connectivity index (χ1v) is 15.6. The Labute approximate surface area is 255 Å². The van der Waals surface area contributed by atoms with E-state index in [9.17, 15) is 9.59 Å². The molecule has 0 saturated heterocycles. The van der Waals surface area contributed by atoms with Gasteiger partial charge >= 0.3 is 0 Å². The van der Waals surface area contributed by atoms with Crippen LogP contribution in [0.5, 0.6) is 17.2 Å². The number of benzene rings is 3. The van der Waals surface area contributed by atoms with Gasteiger partial charge in [-0.15, -0.1) is 11.3 Å². The third kappa shape index (κ3) is 7.74. The molecule has 8 nitrogen and oxygen atoms in total. The Morgan fingerprint density at radius 2 is 1.86 bits per heavy atom. The van der Waals surface area contributed by atoms with Crippen molar-refractivity contribution in [3.05, 3.63) is 71.3 Å². The second-order valence-corrected chi connectivity index (χ2v) is 12.2. The van der Waals surface area contributed by atoms with Crippen LogP contribution in [0.1, 0.15) is 61.1 Å². The van der Waals surface area contributed by atoms with Gasteiger partial charge in [-0.2, -0.15) is 0 Å². The maximum atomic E-state index is 13.2. The lowest BCUT2D eigenvalue weighted by molar-refractivity contribution is -0.119. The topological polar surface area (TPSA) is 98.8 Å². The van der Waals surface area contributed by atoms with Crippen molar-refractivity contribution >= 4 is 50.8 Å². The summed E-state index contributed by atoms with van der Waals surface area (Å²) in [7, 11) is 3.18. The van der Waals surface area contributed by atoms with Crippen LogP contribution < -0.4 is 24.8 Å². The first-order chi connectivity index (χ1) is 20.2. The zero-order chi connectivity index (χ0) is 30.2. The van der Waals surface area contributed by atoms with E-state index in [0.29, 0.717) is 22.7 Å². The molecule has 4 aromatic rings. The maximum absolute atomic E-state index is 13.2. The van der Waals surface area contributed by atoms with E-state index in [4.69, 9.17) is 14.2 Å². The molecule has 0 aliphatic carbocycles. The number of amides is 2. The number of carbonyl (C=O) groups is 2. The predicted octanol–water partition coefficient (Wildman–Crippen LogP) is 7.41. The molecule has 3 aromatic carbocycles. The van der Waals surface area contributed by atoms with Gasteiger partial charge in [0.1, 0.15) is 17.2 Å². The molecule has 2 N–H and O–H groups in total. The quantitative estimate of drug-likeness (QED) is 0.153. The molecule has 0 aliphatic rings. The highest BCUT2D eigenvalue weighted by atomic mass is 32.2. The normalized spacial score (nSPS) is 12.4. The first kappa shape index (κ1) is 31.2. The monoisotopic (exact) mass is 607 g/mol. The molecule has 4 rings (SSSR count). The van der Waals surface area contributed by atoms with Crippen LogP contribution in [0.4, 0.5) is 5.69 Å². The average Bonchev–Trinajstić information content (AvgIpc) is 3.39. The Morgan fingerprint density at radius 3 is 2.60 bits per heavy atom. The molecule has 0 radical (unpaired) electrons. The number of methoxy groups -OCH3 is 2. The van der Waals surface area contributed by atoms with E-state index in [1.54, 1.807) is 20.3 Å². The number of carbonyl (C=O) groups excluding carboxylic acids is 2. The van der Waals surface area contributed by atoms with E-state index in [1.165, 1.54) is 23.1 Å². The van der Waals surface area contributed by atoms with Crippen LogP contribution in [-0.4, -0.2) is 42.9 Å². The molecule has 0 aliphatic heterocycles. The standard InChI is InChI=1S/C32H37N3O5S2/c1-7-9-19(2)40-27-15-13-25(30(39-6)20(27)3)31(37)34-23-12-14-26-28(17-23)42-32(35-26)41-18-29(36)33-21(4)22-10-8-11-24(16-22)38-5/h8,10-17,19,21H,7,9,18H2,1-6H3,(H,33,36)(H,34,37)/t19?,21-/m0/s1. The zero-order valence-corrected chi connectivity index (χ0v) is 26.4. The summed E-state index contributed by atoms with van der Waals surface area (Å²) in [4.78, 5) is 30.5. The Bertz CT molecular complexity index is 1550. The molecule has 0 saturated carbocycles. The summed E-state index contributed by atoms with van der Waals surface area (Å²) in [5.74, 6) is 1.84. The van der Waals surface area contributed by atoms with Crippen molar-refractivity contribution in [1.82, 2.24) is 10.3 Å². The number of ether oxygens (including phenoxy) is 3. The number of hydrogen-bond acceptors (Lipinski definition) is 8. The van der Waals surface area contributed by atoms with Crippen LogP contribution in [0, 0.1) is 6.92 Å². The smallest absolute Gasteiger partial charge is 0.259 e. The van der Waals surface area contributed by atoms with Gasteiger partial charge in [0.05, 0.1) is 47.9 Å². The Morgan fingerprint density at radius 1 is 1.05 bits per heavy atom. The number of anilines is 1. The van der Waals surface area contributed by atoms with Crippen molar-refractivity contribution in [2.45, 2.75) is 57.0 Å². The average molecular weight is 608 g/mol. The summed E-state index contributed by atoms with van der Waals surface area (Å²) < 4.78 is 18.6. The van der Waals surface area contributed by atoms with Crippen LogP contribution >= 0.6 is 23.1 Å². The lowest BCUT2D eigenvalue weighted by atomic mass is 10.1. The highest BCUT2D eigenvalue weighted by Crippen LogP contribution is 2.34. The molecule has 1 unspecified atom stereocenters. The summed E-state index contributed by atoms with van der Waals surface area (Å²) in [5.41, 5.74) is 3.65. The molecular weight excluding hydrogens is 571 g/mol. The highest BCUT2D eigenvalue weighted by molar-refractivity contribution is 8.01. The molecular formula is C32H37N3O5S2. The second-order valence-electron chi connectivity index (χ2n) is 9.96. The number of thioether (sulfide) groups is 1. The zero-order valence-electron chi connectivity index (χ0n) is 24.8. The van der Waals surface area contributed by atoms with Crippen LogP contribution in [0.3, 0.4) is 0 Å². The molecule has 0 fully saturated rings. The fourth-order valence-corrected chi connectivity index (χ4v) is 6.49. The second kappa shape index (κ2) is 14.4. The van der Waals surface area contributed by atoms with Crippen LogP contribution in [0.15, 0.2) is 58.9 Å². The van der Waals surface area contributed by atoms with Crippen molar-refractivity contribution in [2.24, 2.45) is 0 Å². The number of nitrogens with zero attached hydrogens (tertiary/aromatic N) is 1. The van der Waals surface area contributed by atoms with Gasteiger partial charge in [0.15, 0.2) is 4.34 Å². The highest BCUT2D eigenvalue weighted by Gasteiger charge is 2.19. The predicted molar refractivity (Wildman–Crippen MR) is 171 cm³/mol. The maximum Gasteiger partial charge on any atom is 0.259 e. The molecule has 222 valence electrons. The molecule has 0 spiro atoms. The van der Waals surface area contributed by atoms with Crippen LogP contribution in [-0.2, 0) is 4.79 Å². The first-order valence-electron chi connectivity index (χ1n) is 13.8. The summed E-state index contributed by atoms with van der Waals surface area (Å²) in [6, 6.07) is 16.6. The largest absolute Gasteiger partial charge is 0.497 e. The molecule has 10 heteroatoms. The number of hydrogen-bond donors (Lipinski definition) is 2. The Hall–Kier alpha value is -3.76. The lowest BCUT2D eigenvalue weighted by Crippen LogP contribution is -2.28. The summed E-state index contributed by atoms with van der Waals surface area (Å²) in [6.45, 7) is 7.99. The van der Waals surface area contributed by atoms with Crippen molar-refractivity contribution in [1.29, 1.82) is 0 Å². The minimum Gasteiger partial charge on any atom is -0.497 e. The van der Waals surface area contributed by atoms with E-state index >= 15 is 0 Å². The van der Waals surface area contributed by atoms with Crippen LogP contribution in [0.25, 0.3) is 10.2 Å². The fourth-order valence-electron chi connectivity index (χ4n) is 4.57. The fraction of sp³-hybridized carbons (Fsp3) is 0.344. The third-order valence-corrected chi connectivity index (χ3v) is 8.91.